The first-order valence-electron chi connectivity index (χ1n) is 10.3. The maximum Gasteiger partial charge on any atom is 0.261 e. The van der Waals surface area contributed by atoms with Crippen LogP contribution in [-0.2, 0) is 21.5 Å². The van der Waals surface area contributed by atoms with Crippen LogP contribution in [0.1, 0.15) is 45.2 Å². The molecule has 0 saturated heterocycles. The van der Waals surface area contributed by atoms with E-state index in [1.807, 2.05) is 31.2 Å². The van der Waals surface area contributed by atoms with Gasteiger partial charge in [0, 0.05) is 29.2 Å². The minimum atomic E-state index is -0.675. The van der Waals surface area contributed by atoms with Crippen molar-refractivity contribution in [2.45, 2.75) is 52.1 Å². The van der Waals surface area contributed by atoms with E-state index in [9.17, 15) is 9.59 Å². The van der Waals surface area contributed by atoms with Crippen molar-refractivity contribution < 1.29 is 14.3 Å². The van der Waals surface area contributed by atoms with Crippen molar-refractivity contribution in [3.63, 3.8) is 0 Å². The second-order valence-electron chi connectivity index (χ2n) is 8.29. The molecule has 0 fully saturated rings. The zero-order valence-electron chi connectivity index (χ0n) is 18.7. The molecule has 2 rings (SSSR count). The van der Waals surface area contributed by atoms with Crippen LogP contribution in [0, 0.1) is 0 Å². The lowest BCUT2D eigenvalue weighted by molar-refractivity contribution is -0.142. The molecule has 0 aliphatic heterocycles. The van der Waals surface area contributed by atoms with E-state index in [4.69, 9.17) is 27.9 Å². The normalized spacial score (nSPS) is 12.2. The van der Waals surface area contributed by atoms with Crippen molar-refractivity contribution in [2.75, 3.05) is 13.7 Å². The van der Waals surface area contributed by atoms with Gasteiger partial charge in [-0.3, -0.25) is 9.59 Å². The van der Waals surface area contributed by atoms with Crippen LogP contribution < -0.4 is 10.1 Å². The summed E-state index contributed by atoms with van der Waals surface area (Å²) in [4.78, 5) is 27.2. The zero-order chi connectivity index (χ0) is 23.2. The van der Waals surface area contributed by atoms with Gasteiger partial charge < -0.3 is 15.0 Å². The zero-order valence-corrected chi connectivity index (χ0v) is 20.2. The molecule has 168 valence electrons. The summed E-state index contributed by atoms with van der Waals surface area (Å²) in [6, 6.07) is 12.1. The molecule has 0 aromatic heterocycles. The Morgan fingerprint density at radius 2 is 1.68 bits per heavy atom. The molecule has 0 unspecified atom stereocenters. The van der Waals surface area contributed by atoms with Gasteiger partial charge in [-0.15, -0.1) is 0 Å². The number of hydrogen-bond donors (Lipinski definition) is 1. The molecule has 0 aliphatic carbocycles. The molecule has 0 heterocycles. The Morgan fingerprint density at radius 1 is 1.06 bits per heavy atom. The largest absolute Gasteiger partial charge is 0.483 e. The molecule has 1 atom stereocenters. The molecule has 0 radical (unpaired) electrons. The second kappa shape index (κ2) is 10.9. The van der Waals surface area contributed by atoms with E-state index in [0.717, 1.165) is 5.56 Å². The highest BCUT2D eigenvalue weighted by molar-refractivity contribution is 6.36. The molecule has 0 spiro atoms. The summed E-state index contributed by atoms with van der Waals surface area (Å²) in [5.41, 5.74) is 1.46. The molecule has 1 N–H and O–H groups in total. The molecular weight excluding hydrogens is 435 g/mol. The third kappa shape index (κ3) is 6.37. The number of hydrogen-bond acceptors (Lipinski definition) is 3. The van der Waals surface area contributed by atoms with Crippen LogP contribution >= 0.6 is 23.2 Å². The fourth-order valence-corrected chi connectivity index (χ4v) is 3.89. The lowest BCUT2D eigenvalue weighted by Crippen LogP contribution is -2.49. The first-order valence-corrected chi connectivity index (χ1v) is 11.0. The summed E-state index contributed by atoms with van der Waals surface area (Å²) in [5, 5.41) is 3.51. The monoisotopic (exact) mass is 464 g/mol. The average Bonchev–Trinajstić information content (AvgIpc) is 2.73. The maximum absolute atomic E-state index is 13.3. The summed E-state index contributed by atoms with van der Waals surface area (Å²) < 4.78 is 5.92. The molecule has 2 aromatic carbocycles. The first-order chi connectivity index (χ1) is 14.6. The summed E-state index contributed by atoms with van der Waals surface area (Å²) in [5.74, 6) is 0.0660. The summed E-state index contributed by atoms with van der Waals surface area (Å²) in [6.45, 7) is 8.00. The van der Waals surface area contributed by atoms with Gasteiger partial charge in [0.15, 0.2) is 6.61 Å². The van der Waals surface area contributed by atoms with Gasteiger partial charge in [-0.2, -0.15) is 0 Å². The van der Waals surface area contributed by atoms with E-state index < -0.39 is 6.04 Å². The number of amides is 2. The van der Waals surface area contributed by atoms with E-state index >= 15 is 0 Å². The average molecular weight is 465 g/mol. The lowest BCUT2D eigenvalue weighted by atomic mass is 9.86. The highest BCUT2D eigenvalue weighted by Gasteiger charge is 2.30. The Bertz CT molecular complexity index is 905. The predicted octanol–water partition coefficient (Wildman–Crippen LogP) is 5.22. The molecular formula is C24H30Cl2N2O3. The van der Waals surface area contributed by atoms with Gasteiger partial charge >= 0.3 is 0 Å². The van der Waals surface area contributed by atoms with Crippen LogP contribution in [0.4, 0.5) is 0 Å². The third-order valence-corrected chi connectivity index (χ3v) is 5.78. The van der Waals surface area contributed by atoms with E-state index in [1.54, 1.807) is 25.2 Å². The van der Waals surface area contributed by atoms with Gasteiger partial charge in [-0.25, -0.2) is 0 Å². The number of carbonyl (C=O) groups is 2. The van der Waals surface area contributed by atoms with Gasteiger partial charge in [-0.05, 0) is 35.6 Å². The standard InChI is InChI=1S/C24H30Cl2N2O3/c1-6-20(23(30)27-5)28(14-16-18(25)11-9-12-19(16)26)22(29)15-31-21-13-8-7-10-17(21)24(2,3)4/h7-13,20H,6,14-15H2,1-5H3,(H,27,30)/t20-/m0/s1. The molecule has 5 nitrogen and oxygen atoms in total. The van der Waals surface area contributed by atoms with E-state index in [2.05, 4.69) is 26.1 Å². The van der Waals surface area contributed by atoms with Gasteiger partial charge in [0.2, 0.25) is 5.91 Å². The highest BCUT2D eigenvalue weighted by atomic mass is 35.5. The molecule has 2 aromatic rings. The number of ether oxygens (including phenoxy) is 1. The van der Waals surface area contributed by atoms with Crippen molar-refractivity contribution in [1.29, 1.82) is 0 Å². The Morgan fingerprint density at radius 3 is 2.23 bits per heavy atom. The van der Waals surface area contributed by atoms with Crippen molar-refractivity contribution in [1.82, 2.24) is 10.2 Å². The number of nitrogens with one attached hydrogen (secondary N) is 1. The summed E-state index contributed by atoms with van der Waals surface area (Å²) in [7, 11) is 1.55. The van der Waals surface area contributed by atoms with E-state index in [0.29, 0.717) is 27.8 Å². The van der Waals surface area contributed by atoms with Gasteiger partial charge in [0.1, 0.15) is 11.8 Å². The number of carbonyl (C=O) groups excluding carboxylic acids is 2. The van der Waals surface area contributed by atoms with Crippen molar-refractivity contribution >= 4 is 35.0 Å². The number of halogens is 2. The smallest absolute Gasteiger partial charge is 0.261 e. The molecule has 31 heavy (non-hydrogen) atoms. The first kappa shape index (κ1) is 25.0. The van der Waals surface area contributed by atoms with Crippen LogP contribution in [0.25, 0.3) is 0 Å². The SMILES string of the molecule is CC[C@@H](C(=O)NC)N(Cc1c(Cl)cccc1Cl)C(=O)COc1ccccc1C(C)(C)C. The molecule has 0 bridgehead atoms. The second-order valence-corrected chi connectivity index (χ2v) is 9.11. The fraction of sp³-hybridized carbons (Fsp3) is 0.417. The third-order valence-electron chi connectivity index (χ3n) is 5.07. The lowest BCUT2D eigenvalue weighted by Gasteiger charge is -2.31. The summed E-state index contributed by atoms with van der Waals surface area (Å²) >= 11 is 12.7. The minimum absolute atomic E-state index is 0.105. The predicted molar refractivity (Wildman–Crippen MR) is 126 cm³/mol. The maximum atomic E-state index is 13.3. The minimum Gasteiger partial charge on any atom is -0.483 e. The number of para-hydroxylation sites is 1. The van der Waals surface area contributed by atoms with E-state index in [-0.39, 0.29) is 30.4 Å². The van der Waals surface area contributed by atoms with Gasteiger partial charge in [0.05, 0.1) is 0 Å². The highest BCUT2D eigenvalue weighted by Crippen LogP contribution is 2.31. The molecule has 0 aliphatic rings. The van der Waals surface area contributed by atoms with Crippen LogP contribution in [0.2, 0.25) is 10.0 Å². The van der Waals surface area contributed by atoms with Crippen LogP contribution in [0.15, 0.2) is 42.5 Å². The number of benzene rings is 2. The van der Waals surface area contributed by atoms with E-state index in [1.165, 1.54) is 4.90 Å². The van der Waals surface area contributed by atoms with Crippen molar-refractivity contribution in [2.24, 2.45) is 0 Å². The molecule has 2 amide bonds. The summed E-state index contributed by atoms with van der Waals surface area (Å²) in [6.07, 6.45) is 0.437. The van der Waals surface area contributed by atoms with Crippen LogP contribution in [0.3, 0.4) is 0 Å². The fourth-order valence-electron chi connectivity index (χ4n) is 3.37. The Labute approximate surface area is 194 Å². The molecule has 7 heteroatoms. The number of likely N-dealkylation sites (N-methyl/N-ethyl adjacent to an activating group) is 1. The number of rotatable bonds is 8. The van der Waals surface area contributed by atoms with Crippen LogP contribution in [0.5, 0.6) is 5.75 Å². The molecule has 0 saturated carbocycles. The topological polar surface area (TPSA) is 58.6 Å². The quantitative estimate of drug-likeness (QED) is 0.582. The van der Waals surface area contributed by atoms with Crippen LogP contribution in [-0.4, -0.2) is 36.4 Å². The van der Waals surface area contributed by atoms with Crippen molar-refractivity contribution in [3.8, 4) is 5.75 Å². The van der Waals surface area contributed by atoms with Gasteiger partial charge in [-0.1, -0.05) is 75.2 Å². The Balaban J connectivity index is 2.32. The number of nitrogens with zero attached hydrogens (tertiary/aromatic N) is 1. The van der Waals surface area contributed by atoms with Crippen molar-refractivity contribution in [3.05, 3.63) is 63.6 Å². The van der Waals surface area contributed by atoms with Gasteiger partial charge in [0.25, 0.3) is 5.91 Å². The Hall–Kier alpha value is -2.24. The Kier molecular flexibility index (Phi) is 8.78.